The van der Waals surface area contributed by atoms with E-state index in [1.807, 2.05) is 6.07 Å². The summed E-state index contributed by atoms with van der Waals surface area (Å²) in [5.74, 6) is 1.85. The quantitative estimate of drug-likeness (QED) is 0.851. The fourth-order valence-electron chi connectivity index (χ4n) is 2.90. The minimum absolute atomic E-state index is 0.511. The SMILES string of the molecule is COc1ccc([C@H]2CCCN2)c2c1OCCC2. The van der Waals surface area contributed by atoms with Crippen LogP contribution in [-0.2, 0) is 6.42 Å². The molecule has 0 spiro atoms. The number of rotatable bonds is 2. The summed E-state index contributed by atoms with van der Waals surface area (Å²) in [6, 6.07) is 4.76. The average Bonchev–Trinajstić information content (AvgIpc) is 2.91. The summed E-state index contributed by atoms with van der Waals surface area (Å²) in [6.45, 7) is 1.94. The standard InChI is InChI=1S/C14H19NO2/c1-16-13-7-6-10(12-5-2-8-15-12)11-4-3-9-17-14(11)13/h6-7,12,15H,2-5,8-9H2,1H3/t12-/m1/s1. The number of methoxy groups -OCH3 is 1. The smallest absolute Gasteiger partial charge is 0.164 e. The minimum Gasteiger partial charge on any atom is -0.493 e. The van der Waals surface area contributed by atoms with Gasteiger partial charge in [-0.2, -0.15) is 0 Å². The van der Waals surface area contributed by atoms with Crippen LogP contribution < -0.4 is 14.8 Å². The molecule has 1 N–H and O–H groups in total. The second-order valence-corrected chi connectivity index (χ2v) is 4.77. The number of benzene rings is 1. The third kappa shape index (κ3) is 1.89. The Kier molecular flexibility index (Phi) is 2.93. The van der Waals surface area contributed by atoms with E-state index in [4.69, 9.17) is 9.47 Å². The lowest BCUT2D eigenvalue weighted by Crippen LogP contribution is -2.18. The Morgan fingerprint density at radius 3 is 3.06 bits per heavy atom. The van der Waals surface area contributed by atoms with Crippen LogP contribution in [0.4, 0.5) is 0 Å². The zero-order chi connectivity index (χ0) is 11.7. The van der Waals surface area contributed by atoms with E-state index < -0.39 is 0 Å². The van der Waals surface area contributed by atoms with Gasteiger partial charge in [-0.1, -0.05) is 6.07 Å². The molecule has 1 fully saturated rings. The molecule has 0 amide bonds. The Labute approximate surface area is 102 Å². The van der Waals surface area contributed by atoms with E-state index in [1.165, 1.54) is 24.0 Å². The molecule has 0 radical (unpaired) electrons. The number of ether oxygens (including phenoxy) is 2. The van der Waals surface area contributed by atoms with Gasteiger partial charge in [0.2, 0.25) is 0 Å². The van der Waals surface area contributed by atoms with Crippen LogP contribution in [0.2, 0.25) is 0 Å². The first-order valence-electron chi connectivity index (χ1n) is 6.46. The molecular formula is C14H19NO2. The summed E-state index contributed by atoms with van der Waals surface area (Å²) in [5.41, 5.74) is 2.77. The van der Waals surface area contributed by atoms with Crippen molar-refractivity contribution in [2.24, 2.45) is 0 Å². The molecule has 0 bridgehead atoms. The number of nitrogens with one attached hydrogen (secondary N) is 1. The zero-order valence-corrected chi connectivity index (χ0v) is 10.3. The highest BCUT2D eigenvalue weighted by atomic mass is 16.5. The van der Waals surface area contributed by atoms with Crippen molar-refractivity contribution in [2.75, 3.05) is 20.3 Å². The van der Waals surface area contributed by atoms with E-state index in [1.54, 1.807) is 7.11 Å². The van der Waals surface area contributed by atoms with E-state index in [0.717, 1.165) is 37.5 Å². The van der Waals surface area contributed by atoms with Crippen molar-refractivity contribution in [2.45, 2.75) is 31.7 Å². The van der Waals surface area contributed by atoms with E-state index >= 15 is 0 Å². The second-order valence-electron chi connectivity index (χ2n) is 4.77. The van der Waals surface area contributed by atoms with Crippen molar-refractivity contribution < 1.29 is 9.47 Å². The highest BCUT2D eigenvalue weighted by molar-refractivity contribution is 5.52. The van der Waals surface area contributed by atoms with Gasteiger partial charge in [-0.05, 0) is 43.9 Å². The van der Waals surface area contributed by atoms with Crippen molar-refractivity contribution in [3.8, 4) is 11.5 Å². The molecule has 1 aromatic rings. The first kappa shape index (κ1) is 10.9. The van der Waals surface area contributed by atoms with Gasteiger partial charge in [-0.3, -0.25) is 0 Å². The summed E-state index contributed by atoms with van der Waals surface area (Å²) in [4.78, 5) is 0. The molecule has 1 atom stereocenters. The second kappa shape index (κ2) is 4.57. The van der Waals surface area contributed by atoms with Crippen LogP contribution in [-0.4, -0.2) is 20.3 Å². The van der Waals surface area contributed by atoms with Crippen LogP contribution in [0.5, 0.6) is 11.5 Å². The molecule has 2 heterocycles. The Morgan fingerprint density at radius 2 is 2.29 bits per heavy atom. The molecule has 92 valence electrons. The van der Waals surface area contributed by atoms with E-state index in [-0.39, 0.29) is 0 Å². The Hall–Kier alpha value is -1.22. The molecule has 0 aromatic heterocycles. The van der Waals surface area contributed by atoms with Crippen LogP contribution in [0.3, 0.4) is 0 Å². The maximum Gasteiger partial charge on any atom is 0.164 e. The van der Waals surface area contributed by atoms with Gasteiger partial charge < -0.3 is 14.8 Å². The summed E-state index contributed by atoms with van der Waals surface area (Å²) in [7, 11) is 1.71. The number of fused-ring (bicyclic) bond motifs is 1. The van der Waals surface area contributed by atoms with Gasteiger partial charge >= 0.3 is 0 Å². The molecule has 17 heavy (non-hydrogen) atoms. The molecule has 2 aliphatic rings. The minimum atomic E-state index is 0.511. The summed E-state index contributed by atoms with van der Waals surface area (Å²) < 4.78 is 11.2. The predicted octanol–water partition coefficient (Wildman–Crippen LogP) is 2.44. The lowest BCUT2D eigenvalue weighted by Gasteiger charge is -2.25. The molecule has 3 rings (SSSR count). The lowest BCUT2D eigenvalue weighted by molar-refractivity contribution is 0.267. The highest BCUT2D eigenvalue weighted by Crippen LogP contribution is 2.40. The molecule has 1 saturated heterocycles. The lowest BCUT2D eigenvalue weighted by atomic mass is 9.93. The molecular weight excluding hydrogens is 214 g/mol. The Balaban J connectivity index is 2.03. The number of hydrogen-bond donors (Lipinski definition) is 1. The highest BCUT2D eigenvalue weighted by Gasteiger charge is 2.25. The first-order chi connectivity index (χ1) is 8.40. The van der Waals surface area contributed by atoms with Crippen LogP contribution in [0.15, 0.2) is 12.1 Å². The van der Waals surface area contributed by atoms with Crippen LogP contribution in [0, 0.1) is 0 Å². The van der Waals surface area contributed by atoms with Crippen LogP contribution >= 0.6 is 0 Å². The summed E-state index contributed by atoms with van der Waals surface area (Å²) >= 11 is 0. The van der Waals surface area contributed by atoms with Crippen LogP contribution in [0.25, 0.3) is 0 Å². The number of hydrogen-bond acceptors (Lipinski definition) is 3. The third-order valence-electron chi connectivity index (χ3n) is 3.73. The van der Waals surface area contributed by atoms with Gasteiger partial charge in [-0.25, -0.2) is 0 Å². The molecule has 1 aromatic carbocycles. The molecule has 0 aliphatic carbocycles. The molecule has 0 saturated carbocycles. The summed E-state index contributed by atoms with van der Waals surface area (Å²) in [6.07, 6.45) is 4.73. The predicted molar refractivity (Wildman–Crippen MR) is 66.8 cm³/mol. The monoisotopic (exact) mass is 233 g/mol. The largest absolute Gasteiger partial charge is 0.493 e. The first-order valence-corrected chi connectivity index (χ1v) is 6.46. The maximum absolute atomic E-state index is 5.79. The van der Waals surface area contributed by atoms with Crippen molar-refractivity contribution in [1.29, 1.82) is 0 Å². The van der Waals surface area contributed by atoms with E-state index in [9.17, 15) is 0 Å². The average molecular weight is 233 g/mol. The van der Waals surface area contributed by atoms with Crippen LogP contribution in [0.1, 0.15) is 36.4 Å². The molecule has 0 unspecified atom stereocenters. The van der Waals surface area contributed by atoms with Crippen molar-refractivity contribution in [1.82, 2.24) is 5.32 Å². The van der Waals surface area contributed by atoms with Crippen molar-refractivity contribution >= 4 is 0 Å². The van der Waals surface area contributed by atoms with Crippen molar-refractivity contribution in [3.05, 3.63) is 23.3 Å². The fourth-order valence-corrected chi connectivity index (χ4v) is 2.90. The van der Waals surface area contributed by atoms with Gasteiger partial charge in [0.05, 0.1) is 13.7 Å². The maximum atomic E-state index is 5.79. The van der Waals surface area contributed by atoms with Gasteiger partial charge in [0.25, 0.3) is 0 Å². The summed E-state index contributed by atoms with van der Waals surface area (Å²) in [5, 5.41) is 3.56. The fraction of sp³-hybridized carbons (Fsp3) is 0.571. The third-order valence-corrected chi connectivity index (χ3v) is 3.73. The molecule has 3 nitrogen and oxygen atoms in total. The Morgan fingerprint density at radius 1 is 1.35 bits per heavy atom. The normalized spacial score (nSPS) is 23.0. The van der Waals surface area contributed by atoms with Gasteiger partial charge in [0.1, 0.15) is 0 Å². The van der Waals surface area contributed by atoms with Gasteiger partial charge in [0.15, 0.2) is 11.5 Å². The van der Waals surface area contributed by atoms with Gasteiger partial charge in [-0.15, -0.1) is 0 Å². The zero-order valence-electron chi connectivity index (χ0n) is 10.3. The van der Waals surface area contributed by atoms with Gasteiger partial charge in [0, 0.05) is 11.6 Å². The molecule has 3 heteroatoms. The van der Waals surface area contributed by atoms with Crippen molar-refractivity contribution in [3.63, 3.8) is 0 Å². The van der Waals surface area contributed by atoms with E-state index in [0.29, 0.717) is 6.04 Å². The molecule has 2 aliphatic heterocycles. The topological polar surface area (TPSA) is 30.5 Å². The Bertz CT molecular complexity index is 411. The van der Waals surface area contributed by atoms with E-state index in [2.05, 4.69) is 11.4 Å².